The standard InChI is InChI=1S/C17H36N2O/c1-2-3-4-5-6-7-8-9-10-11-13-19-16-15-18-14-12-17(16)20/h16-20H,2-15H2,1H3. The quantitative estimate of drug-likeness (QED) is 0.482. The van der Waals surface area contributed by atoms with Crippen molar-refractivity contribution in [3.63, 3.8) is 0 Å². The van der Waals surface area contributed by atoms with Gasteiger partial charge in [-0.2, -0.15) is 0 Å². The number of unbranched alkanes of at least 4 members (excludes halogenated alkanes) is 9. The molecule has 2 unspecified atom stereocenters. The number of rotatable bonds is 12. The molecule has 2 atom stereocenters. The molecule has 3 nitrogen and oxygen atoms in total. The molecule has 0 amide bonds. The van der Waals surface area contributed by atoms with Gasteiger partial charge in [-0.1, -0.05) is 64.7 Å². The van der Waals surface area contributed by atoms with E-state index in [2.05, 4.69) is 17.6 Å². The number of aliphatic hydroxyl groups excluding tert-OH is 1. The molecule has 0 aliphatic carbocycles. The van der Waals surface area contributed by atoms with Crippen molar-refractivity contribution < 1.29 is 5.11 Å². The third-order valence-corrected chi connectivity index (χ3v) is 4.38. The summed E-state index contributed by atoms with van der Waals surface area (Å²) >= 11 is 0. The molecule has 0 aromatic rings. The van der Waals surface area contributed by atoms with Gasteiger partial charge in [-0.05, 0) is 25.9 Å². The highest BCUT2D eigenvalue weighted by molar-refractivity contribution is 4.82. The minimum absolute atomic E-state index is 0.153. The van der Waals surface area contributed by atoms with Crippen LogP contribution in [0.1, 0.15) is 77.6 Å². The first-order valence-electron chi connectivity index (χ1n) is 8.96. The van der Waals surface area contributed by atoms with Gasteiger partial charge < -0.3 is 15.7 Å². The van der Waals surface area contributed by atoms with Gasteiger partial charge in [-0.25, -0.2) is 0 Å². The van der Waals surface area contributed by atoms with Crippen LogP contribution in [0.25, 0.3) is 0 Å². The Kier molecular flexibility index (Phi) is 11.3. The molecule has 1 saturated heterocycles. The largest absolute Gasteiger partial charge is 0.391 e. The second-order valence-corrected chi connectivity index (χ2v) is 6.30. The lowest BCUT2D eigenvalue weighted by Crippen LogP contribution is -2.52. The molecule has 120 valence electrons. The second-order valence-electron chi connectivity index (χ2n) is 6.30. The normalized spacial score (nSPS) is 23.1. The fourth-order valence-electron chi connectivity index (χ4n) is 2.95. The third-order valence-electron chi connectivity index (χ3n) is 4.38. The van der Waals surface area contributed by atoms with Crippen LogP contribution in [0.15, 0.2) is 0 Å². The summed E-state index contributed by atoms with van der Waals surface area (Å²) in [6.45, 7) is 5.20. The van der Waals surface area contributed by atoms with Gasteiger partial charge in [0.25, 0.3) is 0 Å². The minimum atomic E-state index is -0.153. The van der Waals surface area contributed by atoms with Crippen LogP contribution in [-0.4, -0.2) is 36.9 Å². The Morgan fingerprint density at radius 1 is 0.950 bits per heavy atom. The Labute approximate surface area is 125 Å². The highest BCUT2D eigenvalue weighted by atomic mass is 16.3. The average molecular weight is 284 g/mol. The van der Waals surface area contributed by atoms with E-state index in [1.165, 1.54) is 64.2 Å². The maximum Gasteiger partial charge on any atom is 0.0717 e. The van der Waals surface area contributed by atoms with Crippen molar-refractivity contribution in [3.8, 4) is 0 Å². The van der Waals surface area contributed by atoms with E-state index in [9.17, 15) is 5.11 Å². The van der Waals surface area contributed by atoms with Crippen molar-refractivity contribution in [3.05, 3.63) is 0 Å². The van der Waals surface area contributed by atoms with Gasteiger partial charge in [0.05, 0.1) is 6.10 Å². The Morgan fingerprint density at radius 3 is 2.15 bits per heavy atom. The lowest BCUT2D eigenvalue weighted by molar-refractivity contribution is 0.0991. The van der Waals surface area contributed by atoms with Gasteiger partial charge in [0.2, 0.25) is 0 Å². The monoisotopic (exact) mass is 284 g/mol. The highest BCUT2D eigenvalue weighted by Gasteiger charge is 2.21. The average Bonchev–Trinajstić information content (AvgIpc) is 2.46. The summed E-state index contributed by atoms with van der Waals surface area (Å²) in [4.78, 5) is 0. The van der Waals surface area contributed by atoms with Crippen LogP contribution in [0, 0.1) is 0 Å². The summed E-state index contributed by atoms with van der Waals surface area (Å²) in [6.07, 6.45) is 14.6. The van der Waals surface area contributed by atoms with Crippen LogP contribution in [0.4, 0.5) is 0 Å². The van der Waals surface area contributed by atoms with Crippen LogP contribution in [0.2, 0.25) is 0 Å². The van der Waals surface area contributed by atoms with Crippen LogP contribution in [-0.2, 0) is 0 Å². The lowest BCUT2D eigenvalue weighted by Gasteiger charge is -2.29. The number of hydrogen-bond donors (Lipinski definition) is 3. The van der Waals surface area contributed by atoms with Gasteiger partial charge in [-0.3, -0.25) is 0 Å². The maximum absolute atomic E-state index is 9.83. The topological polar surface area (TPSA) is 44.3 Å². The molecular formula is C17H36N2O. The molecular weight excluding hydrogens is 248 g/mol. The van der Waals surface area contributed by atoms with Gasteiger partial charge >= 0.3 is 0 Å². The molecule has 3 N–H and O–H groups in total. The molecule has 0 aromatic heterocycles. The fourth-order valence-corrected chi connectivity index (χ4v) is 2.95. The highest BCUT2D eigenvalue weighted by Crippen LogP contribution is 2.10. The molecule has 1 heterocycles. The smallest absolute Gasteiger partial charge is 0.0717 e. The third kappa shape index (κ3) is 8.93. The van der Waals surface area contributed by atoms with Crippen molar-refractivity contribution >= 4 is 0 Å². The van der Waals surface area contributed by atoms with E-state index in [4.69, 9.17) is 0 Å². The second kappa shape index (κ2) is 12.6. The maximum atomic E-state index is 9.83. The first-order chi connectivity index (χ1) is 9.84. The first kappa shape index (κ1) is 17.9. The van der Waals surface area contributed by atoms with E-state index in [1.54, 1.807) is 0 Å². The van der Waals surface area contributed by atoms with Crippen LogP contribution in [0.5, 0.6) is 0 Å². The minimum Gasteiger partial charge on any atom is -0.391 e. The molecule has 1 fully saturated rings. The van der Waals surface area contributed by atoms with E-state index in [0.29, 0.717) is 0 Å². The van der Waals surface area contributed by atoms with Crippen LogP contribution < -0.4 is 10.6 Å². The first-order valence-corrected chi connectivity index (χ1v) is 8.96. The molecule has 0 bridgehead atoms. The van der Waals surface area contributed by atoms with E-state index < -0.39 is 0 Å². The van der Waals surface area contributed by atoms with Crippen molar-refractivity contribution in [1.82, 2.24) is 10.6 Å². The zero-order valence-corrected chi connectivity index (χ0v) is 13.5. The number of piperidine rings is 1. The summed E-state index contributed by atoms with van der Waals surface area (Å²) in [6, 6.07) is 0.266. The van der Waals surface area contributed by atoms with Crippen molar-refractivity contribution in [1.29, 1.82) is 0 Å². The van der Waals surface area contributed by atoms with Gasteiger partial charge in [0, 0.05) is 12.6 Å². The van der Waals surface area contributed by atoms with E-state index in [0.717, 1.165) is 26.1 Å². The zero-order chi connectivity index (χ0) is 14.5. The van der Waals surface area contributed by atoms with Crippen LogP contribution >= 0.6 is 0 Å². The number of aliphatic hydroxyl groups is 1. The molecule has 1 aliphatic heterocycles. The van der Waals surface area contributed by atoms with Crippen molar-refractivity contribution in [2.24, 2.45) is 0 Å². The summed E-state index contributed by atoms with van der Waals surface area (Å²) in [7, 11) is 0. The molecule has 1 aliphatic rings. The summed E-state index contributed by atoms with van der Waals surface area (Å²) in [5.41, 5.74) is 0. The Morgan fingerprint density at radius 2 is 1.55 bits per heavy atom. The molecule has 0 spiro atoms. The molecule has 1 rings (SSSR count). The van der Waals surface area contributed by atoms with Gasteiger partial charge in [0.15, 0.2) is 0 Å². The fraction of sp³-hybridized carbons (Fsp3) is 1.00. The lowest BCUT2D eigenvalue weighted by atomic mass is 10.0. The van der Waals surface area contributed by atoms with E-state index in [-0.39, 0.29) is 12.1 Å². The predicted octanol–water partition coefficient (Wildman–Crippen LogP) is 3.22. The molecule has 0 aromatic carbocycles. The zero-order valence-electron chi connectivity index (χ0n) is 13.5. The van der Waals surface area contributed by atoms with E-state index >= 15 is 0 Å². The van der Waals surface area contributed by atoms with Crippen molar-refractivity contribution in [2.45, 2.75) is 89.7 Å². The van der Waals surface area contributed by atoms with Crippen LogP contribution in [0.3, 0.4) is 0 Å². The molecule has 0 saturated carbocycles. The van der Waals surface area contributed by atoms with Gasteiger partial charge in [-0.15, -0.1) is 0 Å². The number of nitrogens with one attached hydrogen (secondary N) is 2. The summed E-state index contributed by atoms with van der Waals surface area (Å²) in [5.74, 6) is 0. The molecule has 3 heteroatoms. The summed E-state index contributed by atoms with van der Waals surface area (Å²) < 4.78 is 0. The molecule has 20 heavy (non-hydrogen) atoms. The Hall–Kier alpha value is -0.120. The number of hydrogen-bond acceptors (Lipinski definition) is 3. The van der Waals surface area contributed by atoms with E-state index in [1.807, 2.05) is 0 Å². The Bertz CT molecular complexity index is 211. The van der Waals surface area contributed by atoms with Crippen molar-refractivity contribution in [2.75, 3.05) is 19.6 Å². The summed E-state index contributed by atoms with van der Waals surface area (Å²) in [5, 5.41) is 16.6. The predicted molar refractivity (Wildman–Crippen MR) is 87.1 cm³/mol. The SMILES string of the molecule is CCCCCCCCCCCCNC1CNCCC1O. The molecule has 0 radical (unpaired) electrons. The Balaban J connectivity index is 1.78. The van der Waals surface area contributed by atoms with Gasteiger partial charge in [0.1, 0.15) is 0 Å².